The van der Waals surface area contributed by atoms with Gasteiger partial charge in [0.15, 0.2) is 5.13 Å². The average molecular weight is 525 g/mol. The number of carbonyl (C=O) groups excluding carboxylic acids is 2. The molecule has 176 valence electrons. The Balaban J connectivity index is 1.70. The number of anilines is 1. The second-order valence-corrected chi connectivity index (χ2v) is 9.67. The molecule has 1 aromatic heterocycles. The number of halogens is 2. The van der Waals surface area contributed by atoms with Gasteiger partial charge in [0.25, 0.3) is 5.78 Å². The summed E-state index contributed by atoms with van der Waals surface area (Å²) in [5.41, 5.74) is 1.62. The Labute approximate surface area is 215 Å². The van der Waals surface area contributed by atoms with Crippen LogP contribution in [0.2, 0.25) is 10.0 Å². The highest BCUT2D eigenvalue weighted by Gasteiger charge is 2.48. The largest absolute Gasteiger partial charge is 0.507 e. The summed E-state index contributed by atoms with van der Waals surface area (Å²) in [7, 11) is 0. The highest BCUT2D eigenvalue weighted by molar-refractivity contribution is 7.22. The van der Waals surface area contributed by atoms with E-state index in [1.807, 2.05) is 6.92 Å². The zero-order valence-electron chi connectivity index (χ0n) is 18.4. The van der Waals surface area contributed by atoms with Gasteiger partial charge in [0.05, 0.1) is 28.4 Å². The van der Waals surface area contributed by atoms with E-state index < -0.39 is 17.7 Å². The first-order chi connectivity index (χ1) is 16.9. The molecule has 0 aliphatic carbocycles. The molecule has 0 bridgehead atoms. The Bertz CT molecular complexity index is 1480. The number of ether oxygens (including phenoxy) is 1. The maximum Gasteiger partial charge on any atom is 0.301 e. The molecular formula is C26H18Cl2N2O4S. The molecule has 3 aromatic carbocycles. The maximum absolute atomic E-state index is 13.3. The topological polar surface area (TPSA) is 79.7 Å². The molecule has 4 aromatic rings. The fourth-order valence-corrected chi connectivity index (χ4v) is 5.41. The summed E-state index contributed by atoms with van der Waals surface area (Å²) in [6.45, 7) is 2.39. The molecule has 1 N–H and O–H groups in total. The summed E-state index contributed by atoms with van der Waals surface area (Å²) in [5.74, 6) is -1.20. The van der Waals surface area contributed by atoms with Crippen molar-refractivity contribution in [2.75, 3.05) is 11.5 Å². The minimum Gasteiger partial charge on any atom is -0.507 e. The van der Waals surface area contributed by atoms with Crippen molar-refractivity contribution >= 4 is 67.3 Å². The monoisotopic (exact) mass is 524 g/mol. The van der Waals surface area contributed by atoms with Crippen LogP contribution in [0.15, 0.2) is 72.3 Å². The fourth-order valence-electron chi connectivity index (χ4n) is 4.01. The average Bonchev–Trinajstić information content (AvgIpc) is 3.37. The van der Waals surface area contributed by atoms with Gasteiger partial charge in [-0.05, 0) is 67.1 Å². The normalized spacial score (nSPS) is 17.3. The molecule has 1 fully saturated rings. The van der Waals surface area contributed by atoms with Gasteiger partial charge in [-0.1, -0.05) is 46.7 Å². The number of nitrogens with zero attached hydrogens (tertiary/aromatic N) is 2. The first-order valence-corrected chi connectivity index (χ1v) is 12.3. The van der Waals surface area contributed by atoms with E-state index >= 15 is 0 Å². The van der Waals surface area contributed by atoms with Crippen molar-refractivity contribution < 1.29 is 19.4 Å². The van der Waals surface area contributed by atoms with Crippen LogP contribution >= 0.6 is 34.5 Å². The predicted octanol–water partition coefficient (Wildman–Crippen LogP) is 6.63. The van der Waals surface area contributed by atoms with E-state index in [0.717, 1.165) is 4.70 Å². The molecule has 6 nitrogen and oxygen atoms in total. The van der Waals surface area contributed by atoms with Crippen molar-refractivity contribution in [3.63, 3.8) is 0 Å². The molecule has 0 saturated carbocycles. The van der Waals surface area contributed by atoms with Crippen LogP contribution in [-0.4, -0.2) is 28.4 Å². The lowest BCUT2D eigenvalue weighted by Crippen LogP contribution is -2.29. The highest BCUT2D eigenvalue weighted by Crippen LogP contribution is 2.44. The van der Waals surface area contributed by atoms with E-state index in [9.17, 15) is 14.7 Å². The van der Waals surface area contributed by atoms with Crippen molar-refractivity contribution in [1.82, 2.24) is 4.98 Å². The van der Waals surface area contributed by atoms with Crippen LogP contribution in [0.25, 0.3) is 16.0 Å². The van der Waals surface area contributed by atoms with E-state index in [1.165, 1.54) is 16.2 Å². The van der Waals surface area contributed by atoms with Crippen molar-refractivity contribution in [1.29, 1.82) is 0 Å². The molecule has 2 heterocycles. The number of amides is 1. The molecule has 0 radical (unpaired) electrons. The predicted molar refractivity (Wildman–Crippen MR) is 138 cm³/mol. The number of aromatic nitrogens is 1. The van der Waals surface area contributed by atoms with Gasteiger partial charge in [-0.15, -0.1) is 0 Å². The van der Waals surface area contributed by atoms with Gasteiger partial charge in [-0.3, -0.25) is 14.5 Å². The van der Waals surface area contributed by atoms with Gasteiger partial charge in [-0.2, -0.15) is 0 Å². The molecule has 0 spiro atoms. The molecule has 1 aliphatic rings. The first-order valence-electron chi connectivity index (χ1n) is 10.7. The number of carbonyl (C=O) groups is 2. The van der Waals surface area contributed by atoms with Crippen molar-refractivity contribution in [2.24, 2.45) is 0 Å². The number of benzene rings is 3. The second-order valence-electron chi connectivity index (χ2n) is 7.79. The van der Waals surface area contributed by atoms with Gasteiger partial charge in [0.2, 0.25) is 0 Å². The zero-order valence-corrected chi connectivity index (χ0v) is 20.7. The van der Waals surface area contributed by atoms with Gasteiger partial charge < -0.3 is 9.84 Å². The fraction of sp³-hybridized carbons (Fsp3) is 0.115. The van der Waals surface area contributed by atoms with Crippen LogP contribution in [0.5, 0.6) is 5.75 Å². The number of Topliss-reactive ketones (excluding diaryl/α,β-unsaturated/α-hetero) is 1. The van der Waals surface area contributed by atoms with Crippen molar-refractivity contribution in [2.45, 2.75) is 13.0 Å². The molecule has 1 aliphatic heterocycles. The quantitative estimate of drug-likeness (QED) is 0.180. The first kappa shape index (κ1) is 23.4. The van der Waals surface area contributed by atoms with Gasteiger partial charge in [-0.25, -0.2) is 4.98 Å². The molecule has 1 saturated heterocycles. The number of ketones is 1. The lowest BCUT2D eigenvalue weighted by atomic mass is 9.95. The number of thiazole rings is 1. The molecular weight excluding hydrogens is 507 g/mol. The standard InChI is InChI=1S/C26H18Cl2N2O4S/c1-2-34-18-10-5-14(6-11-18)22-21(23(31)15-3-7-16(27)8-4-15)24(32)25(33)30(22)26-29-19-12-9-17(28)13-20(19)35-26/h3-13,22,31H,2H2,1H3. The Hall–Kier alpha value is -3.39. The lowest BCUT2D eigenvalue weighted by molar-refractivity contribution is -0.132. The van der Waals surface area contributed by atoms with Crippen LogP contribution < -0.4 is 9.64 Å². The third-order valence-electron chi connectivity index (χ3n) is 5.61. The van der Waals surface area contributed by atoms with Crippen LogP contribution in [0.4, 0.5) is 5.13 Å². The van der Waals surface area contributed by atoms with Gasteiger partial charge >= 0.3 is 5.91 Å². The van der Waals surface area contributed by atoms with E-state index in [4.69, 9.17) is 27.9 Å². The zero-order chi connectivity index (χ0) is 24.7. The number of hydrogen-bond donors (Lipinski definition) is 1. The molecule has 1 atom stereocenters. The van der Waals surface area contributed by atoms with Crippen LogP contribution in [-0.2, 0) is 9.59 Å². The molecule has 9 heteroatoms. The van der Waals surface area contributed by atoms with E-state index in [-0.39, 0.29) is 11.3 Å². The third kappa shape index (κ3) is 4.27. The Morgan fingerprint density at radius 2 is 1.71 bits per heavy atom. The van der Waals surface area contributed by atoms with Gasteiger partial charge in [0, 0.05) is 15.6 Å². The summed E-state index contributed by atoms with van der Waals surface area (Å²) in [4.78, 5) is 32.5. The number of aliphatic hydroxyl groups is 1. The van der Waals surface area contributed by atoms with Crippen molar-refractivity contribution in [3.05, 3.63) is 93.5 Å². The lowest BCUT2D eigenvalue weighted by Gasteiger charge is -2.23. The van der Waals surface area contributed by atoms with Crippen molar-refractivity contribution in [3.8, 4) is 5.75 Å². The number of hydrogen-bond acceptors (Lipinski definition) is 6. The van der Waals surface area contributed by atoms with E-state index in [0.29, 0.717) is 44.2 Å². The Morgan fingerprint density at radius 3 is 2.40 bits per heavy atom. The minimum atomic E-state index is -0.891. The third-order valence-corrected chi connectivity index (χ3v) is 7.12. The maximum atomic E-state index is 13.3. The molecule has 35 heavy (non-hydrogen) atoms. The summed E-state index contributed by atoms with van der Waals surface area (Å²) in [6.07, 6.45) is 0. The van der Waals surface area contributed by atoms with E-state index in [1.54, 1.807) is 66.7 Å². The van der Waals surface area contributed by atoms with E-state index in [2.05, 4.69) is 4.98 Å². The second kappa shape index (κ2) is 9.34. The number of fused-ring (bicyclic) bond motifs is 1. The summed E-state index contributed by atoms with van der Waals surface area (Å²) in [6, 6.07) is 17.8. The molecule has 5 rings (SSSR count). The smallest absolute Gasteiger partial charge is 0.301 e. The number of rotatable bonds is 5. The van der Waals surface area contributed by atoms with Crippen LogP contribution in [0, 0.1) is 0 Å². The van der Waals surface area contributed by atoms with Gasteiger partial charge in [0.1, 0.15) is 11.5 Å². The highest BCUT2D eigenvalue weighted by atomic mass is 35.5. The summed E-state index contributed by atoms with van der Waals surface area (Å²) >= 11 is 13.4. The summed E-state index contributed by atoms with van der Waals surface area (Å²) < 4.78 is 6.31. The number of aliphatic hydroxyl groups excluding tert-OH is 1. The summed E-state index contributed by atoms with van der Waals surface area (Å²) in [5, 5.41) is 12.5. The van der Waals surface area contributed by atoms with Crippen LogP contribution in [0.3, 0.4) is 0 Å². The Kier molecular flexibility index (Phi) is 6.23. The molecule has 1 amide bonds. The molecule has 1 unspecified atom stereocenters. The SMILES string of the molecule is CCOc1ccc(C2C(=C(O)c3ccc(Cl)cc3)C(=O)C(=O)N2c2nc3ccc(Cl)cc3s2)cc1. The minimum absolute atomic E-state index is 0.0289. The Morgan fingerprint density at radius 1 is 1.03 bits per heavy atom. The van der Waals surface area contributed by atoms with Crippen LogP contribution in [0.1, 0.15) is 24.1 Å².